The maximum atomic E-state index is 12.7. The van der Waals surface area contributed by atoms with E-state index in [0.29, 0.717) is 5.82 Å². The largest absolute Gasteiger partial charge is 0.467 e. The minimum Gasteiger partial charge on any atom is -0.467 e. The van der Waals surface area contributed by atoms with E-state index in [1.54, 1.807) is 6.92 Å². The van der Waals surface area contributed by atoms with Gasteiger partial charge in [-0.1, -0.05) is 0 Å². The van der Waals surface area contributed by atoms with Gasteiger partial charge in [-0.2, -0.15) is 5.26 Å². The molecule has 0 radical (unpaired) electrons. The number of esters is 1. The Morgan fingerprint density at radius 3 is 2.58 bits per heavy atom. The van der Waals surface area contributed by atoms with Gasteiger partial charge in [0.15, 0.2) is 6.23 Å². The second-order valence-electron chi connectivity index (χ2n) is 7.08. The highest BCUT2D eigenvalue weighted by Gasteiger charge is 2.47. The number of anilines is 1. The van der Waals surface area contributed by atoms with E-state index >= 15 is 0 Å². The predicted molar refractivity (Wildman–Crippen MR) is 111 cm³/mol. The quantitative estimate of drug-likeness (QED) is 0.328. The highest BCUT2D eigenvalue weighted by atomic mass is 31.2. The summed E-state index contributed by atoms with van der Waals surface area (Å²) in [4.78, 5) is 20.4. The van der Waals surface area contributed by atoms with Crippen molar-refractivity contribution >= 4 is 30.4 Å². The van der Waals surface area contributed by atoms with Gasteiger partial charge in [0, 0.05) is 20.4 Å². The third kappa shape index (κ3) is 4.44. The van der Waals surface area contributed by atoms with Gasteiger partial charge in [-0.25, -0.2) is 14.8 Å². The summed E-state index contributed by atoms with van der Waals surface area (Å²) in [5.41, 5.74) is 6.32. The number of aryl methyl sites for hydroxylation is 1. The lowest BCUT2D eigenvalue weighted by Crippen LogP contribution is -2.36. The standard InChI is InChI=1S/C18H24N5O9P/c1-8-21-14(20)11-9(5-19)6-23(15(11)22-8)16-13(25)12(24)10(32-16)7-31-18(17(26)28-2)33(27,29-3)30-4/h6,10,12-13,16,18,24-25H,7H2,1-4H3,(H2,20,21,22)/t10-,12-,13-,16-,18?/m1/s1. The number of hydrogen-bond acceptors (Lipinski definition) is 13. The fraction of sp³-hybridized carbons (Fsp3) is 0.556. The molecule has 0 aliphatic carbocycles. The summed E-state index contributed by atoms with van der Waals surface area (Å²) in [6, 6.07) is 1.98. The molecule has 1 saturated heterocycles. The number of nitrogen functional groups attached to an aromatic ring is 1. The Morgan fingerprint density at radius 2 is 2.00 bits per heavy atom. The molecule has 1 aliphatic heterocycles. The summed E-state index contributed by atoms with van der Waals surface area (Å²) in [5.74, 6) is -2.37. The molecule has 1 aliphatic rings. The van der Waals surface area contributed by atoms with Crippen LogP contribution in [0.15, 0.2) is 6.20 Å². The average molecular weight is 485 g/mol. The fourth-order valence-electron chi connectivity index (χ4n) is 3.51. The molecule has 1 fully saturated rings. The van der Waals surface area contributed by atoms with Crippen molar-refractivity contribution in [3.05, 3.63) is 17.6 Å². The van der Waals surface area contributed by atoms with Crippen molar-refractivity contribution in [3.63, 3.8) is 0 Å². The number of methoxy groups -OCH3 is 1. The maximum Gasteiger partial charge on any atom is 0.370 e. The van der Waals surface area contributed by atoms with Gasteiger partial charge in [0.2, 0.25) is 0 Å². The SMILES string of the molecule is COC(=O)C(OC[C@H]1O[C@@H](n2cc(C#N)c3c(N)nc(C)nc32)[C@H](O)[C@@H]1O)P(=O)(OC)OC. The number of carbonyl (C=O) groups is 1. The van der Waals surface area contributed by atoms with Gasteiger partial charge in [0.25, 0.3) is 5.85 Å². The second-order valence-corrected chi connectivity index (χ2v) is 9.36. The van der Waals surface area contributed by atoms with Crippen LogP contribution in [0.1, 0.15) is 17.6 Å². The molecule has 3 rings (SSSR count). The number of carbonyl (C=O) groups excluding carboxylic acids is 1. The van der Waals surface area contributed by atoms with Crippen LogP contribution >= 0.6 is 7.60 Å². The summed E-state index contributed by atoms with van der Waals surface area (Å²) >= 11 is 0. The number of hydrogen-bond donors (Lipinski definition) is 3. The van der Waals surface area contributed by atoms with E-state index < -0.39 is 50.6 Å². The molecule has 3 heterocycles. The molecule has 2 aromatic rings. The summed E-state index contributed by atoms with van der Waals surface area (Å²) in [5, 5.41) is 30.9. The van der Waals surface area contributed by atoms with Crippen molar-refractivity contribution in [3.8, 4) is 6.07 Å². The van der Waals surface area contributed by atoms with Crippen LogP contribution in [-0.2, 0) is 32.6 Å². The van der Waals surface area contributed by atoms with E-state index in [-0.39, 0.29) is 22.4 Å². The summed E-state index contributed by atoms with van der Waals surface area (Å²) in [7, 11) is -0.832. The topological polar surface area (TPSA) is 201 Å². The molecule has 4 N–H and O–H groups in total. The van der Waals surface area contributed by atoms with Crippen molar-refractivity contribution in [2.45, 2.75) is 37.3 Å². The van der Waals surface area contributed by atoms with E-state index in [1.165, 1.54) is 10.8 Å². The minimum atomic E-state index is -4.04. The van der Waals surface area contributed by atoms with Gasteiger partial charge in [-0.15, -0.1) is 0 Å². The molecule has 0 aromatic carbocycles. The van der Waals surface area contributed by atoms with Crippen molar-refractivity contribution < 1.29 is 42.8 Å². The molecule has 14 nitrogen and oxygen atoms in total. The number of aliphatic hydroxyl groups excluding tert-OH is 2. The van der Waals surface area contributed by atoms with E-state index in [0.717, 1.165) is 21.3 Å². The Bertz CT molecular complexity index is 1120. The fourth-order valence-corrected chi connectivity index (χ4v) is 4.67. The lowest BCUT2D eigenvalue weighted by Gasteiger charge is -2.24. The van der Waals surface area contributed by atoms with E-state index in [4.69, 9.17) is 24.3 Å². The first-order chi connectivity index (χ1) is 15.6. The van der Waals surface area contributed by atoms with Crippen LogP contribution < -0.4 is 5.73 Å². The molecule has 180 valence electrons. The van der Waals surface area contributed by atoms with Gasteiger partial charge < -0.3 is 43.8 Å². The molecular formula is C18H24N5O9P. The highest BCUT2D eigenvalue weighted by Crippen LogP contribution is 2.52. The molecule has 5 atom stereocenters. The zero-order valence-electron chi connectivity index (χ0n) is 18.2. The van der Waals surface area contributed by atoms with Crippen molar-refractivity contribution in [2.24, 2.45) is 0 Å². The Hall–Kier alpha value is -2.63. The molecule has 0 bridgehead atoms. The summed E-state index contributed by atoms with van der Waals surface area (Å²) < 4.78 is 39.4. The van der Waals surface area contributed by atoms with Gasteiger partial charge in [0.05, 0.1) is 24.7 Å². The first-order valence-electron chi connectivity index (χ1n) is 9.58. The minimum absolute atomic E-state index is 0.0801. The Morgan fingerprint density at radius 1 is 1.33 bits per heavy atom. The van der Waals surface area contributed by atoms with Crippen LogP contribution in [0.3, 0.4) is 0 Å². The number of ether oxygens (including phenoxy) is 3. The number of aromatic nitrogens is 3. The number of rotatable bonds is 8. The number of aliphatic hydroxyl groups is 2. The van der Waals surface area contributed by atoms with Crippen LogP contribution in [0, 0.1) is 18.3 Å². The van der Waals surface area contributed by atoms with Crippen molar-refractivity contribution in [1.29, 1.82) is 5.26 Å². The summed E-state index contributed by atoms with van der Waals surface area (Å²) in [6.07, 6.45) is -3.91. The Kier molecular flexibility index (Phi) is 7.35. The van der Waals surface area contributed by atoms with E-state index in [1.807, 2.05) is 6.07 Å². The monoisotopic (exact) mass is 485 g/mol. The number of fused-ring (bicyclic) bond motifs is 1. The number of nitriles is 1. The summed E-state index contributed by atoms with van der Waals surface area (Å²) in [6.45, 7) is 1.12. The van der Waals surface area contributed by atoms with Crippen molar-refractivity contribution in [1.82, 2.24) is 14.5 Å². The Balaban J connectivity index is 1.89. The smallest absolute Gasteiger partial charge is 0.370 e. The van der Waals surface area contributed by atoms with Gasteiger partial charge in [-0.3, -0.25) is 4.57 Å². The molecule has 0 saturated carbocycles. The molecule has 1 unspecified atom stereocenters. The van der Waals surface area contributed by atoms with Gasteiger partial charge >= 0.3 is 13.6 Å². The van der Waals surface area contributed by atoms with Crippen LogP contribution in [0.2, 0.25) is 0 Å². The van der Waals surface area contributed by atoms with Crippen LogP contribution in [0.25, 0.3) is 11.0 Å². The third-order valence-electron chi connectivity index (χ3n) is 5.16. The zero-order valence-corrected chi connectivity index (χ0v) is 19.1. The van der Waals surface area contributed by atoms with Gasteiger partial charge in [0.1, 0.15) is 41.7 Å². The van der Waals surface area contributed by atoms with Gasteiger partial charge in [-0.05, 0) is 6.92 Å². The first-order valence-corrected chi connectivity index (χ1v) is 11.2. The van der Waals surface area contributed by atoms with Crippen LogP contribution in [-0.4, -0.2) is 82.8 Å². The maximum absolute atomic E-state index is 12.7. The predicted octanol–water partition coefficient (Wildman–Crippen LogP) is -0.186. The zero-order chi connectivity index (χ0) is 24.5. The van der Waals surface area contributed by atoms with Crippen LogP contribution in [0.5, 0.6) is 0 Å². The molecule has 33 heavy (non-hydrogen) atoms. The molecule has 2 aromatic heterocycles. The lowest BCUT2D eigenvalue weighted by atomic mass is 10.1. The first kappa shape index (κ1) is 25.0. The van der Waals surface area contributed by atoms with Crippen molar-refractivity contribution in [2.75, 3.05) is 33.7 Å². The third-order valence-corrected chi connectivity index (χ3v) is 7.11. The second kappa shape index (κ2) is 9.70. The van der Waals surface area contributed by atoms with E-state index in [9.17, 15) is 24.8 Å². The number of nitrogens with zero attached hydrogens (tertiary/aromatic N) is 4. The Labute approximate surface area is 188 Å². The molecule has 15 heteroatoms. The lowest BCUT2D eigenvalue weighted by molar-refractivity contribution is -0.153. The highest BCUT2D eigenvalue weighted by molar-refractivity contribution is 7.55. The van der Waals surface area contributed by atoms with E-state index in [2.05, 4.69) is 14.7 Å². The molecule has 0 spiro atoms. The number of nitrogens with two attached hydrogens (primary N) is 1. The normalized spacial score (nSPS) is 24.0. The average Bonchev–Trinajstić information content (AvgIpc) is 3.30. The molecular weight excluding hydrogens is 461 g/mol. The molecule has 0 amide bonds. The van der Waals surface area contributed by atoms with Crippen LogP contribution in [0.4, 0.5) is 5.82 Å².